The largest absolute Gasteiger partial charge is 0.508 e. The Morgan fingerprint density at radius 2 is 2.00 bits per heavy atom. The number of hydrogen-bond donors (Lipinski definition) is 1. The molecule has 1 N–H and O–H groups in total. The van der Waals surface area contributed by atoms with Crippen LogP contribution in [0.2, 0.25) is 0 Å². The Balaban J connectivity index is 1.37. The van der Waals surface area contributed by atoms with Crippen molar-refractivity contribution in [2.24, 2.45) is 0 Å². The normalized spacial score (nSPS) is 15.0. The van der Waals surface area contributed by atoms with E-state index in [1.54, 1.807) is 22.4 Å². The highest BCUT2D eigenvalue weighted by Gasteiger charge is 2.24. The van der Waals surface area contributed by atoms with Crippen molar-refractivity contribution in [1.29, 1.82) is 0 Å². The standard InChI is InChI=1S/C20H19FN4O2S/c21-16-5-2-6-22-18(16)19-23-17(13-28-19)20(27)25-9-7-24(8-10-25)12-14-3-1-4-15(26)11-14/h1-6,11,13,26H,7-10,12H2. The Kier molecular flexibility index (Phi) is 5.31. The Bertz CT molecular complexity index is 986. The first kappa shape index (κ1) is 18.5. The summed E-state index contributed by atoms with van der Waals surface area (Å²) in [6.07, 6.45) is 1.51. The molecule has 2 aromatic heterocycles. The number of nitrogens with zero attached hydrogens (tertiary/aromatic N) is 4. The molecule has 8 heteroatoms. The summed E-state index contributed by atoms with van der Waals surface area (Å²) in [4.78, 5) is 25.1. The lowest BCUT2D eigenvalue weighted by Gasteiger charge is -2.34. The first-order valence-corrected chi connectivity index (χ1v) is 9.84. The fourth-order valence-electron chi connectivity index (χ4n) is 3.21. The zero-order valence-electron chi connectivity index (χ0n) is 15.1. The van der Waals surface area contributed by atoms with Gasteiger partial charge in [-0.2, -0.15) is 0 Å². The molecule has 1 aromatic carbocycles. The van der Waals surface area contributed by atoms with Crippen molar-refractivity contribution in [2.75, 3.05) is 26.2 Å². The number of phenolic OH excluding ortho intramolecular Hbond substituents is 1. The number of phenols is 1. The van der Waals surface area contributed by atoms with Gasteiger partial charge in [0.05, 0.1) is 0 Å². The van der Waals surface area contributed by atoms with Crippen molar-refractivity contribution in [1.82, 2.24) is 19.8 Å². The molecule has 1 fully saturated rings. The smallest absolute Gasteiger partial charge is 0.273 e. The predicted molar refractivity (Wildman–Crippen MR) is 105 cm³/mol. The van der Waals surface area contributed by atoms with E-state index >= 15 is 0 Å². The maximum atomic E-state index is 13.9. The van der Waals surface area contributed by atoms with Crippen LogP contribution >= 0.6 is 11.3 Å². The highest BCUT2D eigenvalue weighted by Crippen LogP contribution is 2.25. The van der Waals surface area contributed by atoms with Gasteiger partial charge < -0.3 is 10.0 Å². The molecule has 1 saturated heterocycles. The lowest BCUT2D eigenvalue weighted by Crippen LogP contribution is -2.48. The van der Waals surface area contributed by atoms with E-state index in [4.69, 9.17) is 0 Å². The van der Waals surface area contributed by atoms with Crippen LogP contribution in [-0.4, -0.2) is 57.0 Å². The van der Waals surface area contributed by atoms with Crippen molar-refractivity contribution in [3.8, 4) is 16.5 Å². The number of halogens is 1. The van der Waals surface area contributed by atoms with Gasteiger partial charge >= 0.3 is 0 Å². The number of carbonyl (C=O) groups excluding carboxylic acids is 1. The van der Waals surface area contributed by atoms with Gasteiger partial charge in [0.1, 0.15) is 22.1 Å². The van der Waals surface area contributed by atoms with Gasteiger partial charge in [-0.1, -0.05) is 12.1 Å². The molecule has 6 nitrogen and oxygen atoms in total. The van der Waals surface area contributed by atoms with E-state index in [0.717, 1.165) is 25.2 Å². The molecule has 1 aliphatic heterocycles. The molecule has 0 atom stereocenters. The topological polar surface area (TPSA) is 69.6 Å². The van der Waals surface area contributed by atoms with E-state index in [2.05, 4.69) is 14.9 Å². The average Bonchev–Trinajstić information content (AvgIpc) is 3.18. The molecule has 0 unspecified atom stereocenters. The van der Waals surface area contributed by atoms with E-state index in [-0.39, 0.29) is 17.4 Å². The second-order valence-electron chi connectivity index (χ2n) is 6.61. The minimum Gasteiger partial charge on any atom is -0.508 e. The van der Waals surface area contributed by atoms with Crippen LogP contribution in [0.15, 0.2) is 48.0 Å². The van der Waals surface area contributed by atoms with Crippen molar-refractivity contribution in [2.45, 2.75) is 6.54 Å². The van der Waals surface area contributed by atoms with Gasteiger partial charge in [0, 0.05) is 44.3 Å². The Labute approximate surface area is 165 Å². The minimum atomic E-state index is -0.448. The third-order valence-corrected chi connectivity index (χ3v) is 5.51. The minimum absolute atomic E-state index is 0.143. The van der Waals surface area contributed by atoms with Crippen LogP contribution in [0.25, 0.3) is 10.7 Å². The molecule has 3 aromatic rings. The molecular formula is C20H19FN4O2S. The van der Waals surface area contributed by atoms with Crippen LogP contribution < -0.4 is 0 Å². The number of carbonyl (C=O) groups is 1. The highest BCUT2D eigenvalue weighted by atomic mass is 32.1. The summed E-state index contributed by atoms with van der Waals surface area (Å²) in [5.74, 6) is -0.331. The SMILES string of the molecule is O=C(c1csc(-c2ncccc2F)n1)N1CCN(Cc2cccc(O)c2)CC1. The molecule has 1 aliphatic rings. The van der Waals surface area contributed by atoms with Gasteiger partial charge in [0.15, 0.2) is 5.82 Å². The van der Waals surface area contributed by atoms with E-state index in [1.165, 1.54) is 29.7 Å². The number of piperazine rings is 1. The molecule has 28 heavy (non-hydrogen) atoms. The number of amides is 1. The molecule has 1 amide bonds. The Morgan fingerprint density at radius 3 is 2.75 bits per heavy atom. The van der Waals surface area contributed by atoms with Gasteiger partial charge in [-0.05, 0) is 29.8 Å². The van der Waals surface area contributed by atoms with Gasteiger partial charge in [0.2, 0.25) is 0 Å². The van der Waals surface area contributed by atoms with Gasteiger partial charge in [-0.15, -0.1) is 11.3 Å². The lowest BCUT2D eigenvalue weighted by molar-refractivity contribution is 0.0623. The average molecular weight is 398 g/mol. The molecule has 0 spiro atoms. The van der Waals surface area contributed by atoms with Crippen LogP contribution in [0.5, 0.6) is 5.75 Å². The Morgan fingerprint density at radius 1 is 1.18 bits per heavy atom. The zero-order valence-corrected chi connectivity index (χ0v) is 15.9. The van der Waals surface area contributed by atoms with Crippen LogP contribution in [0.1, 0.15) is 16.1 Å². The van der Waals surface area contributed by atoms with Crippen LogP contribution in [0, 0.1) is 5.82 Å². The van der Waals surface area contributed by atoms with Crippen molar-refractivity contribution in [3.63, 3.8) is 0 Å². The maximum absolute atomic E-state index is 13.9. The molecule has 0 aliphatic carbocycles. The van der Waals surface area contributed by atoms with Gasteiger partial charge in [-0.3, -0.25) is 14.7 Å². The van der Waals surface area contributed by atoms with Gasteiger partial charge in [0.25, 0.3) is 5.91 Å². The third kappa shape index (κ3) is 4.02. The fraction of sp³-hybridized carbons (Fsp3) is 0.250. The first-order valence-electron chi connectivity index (χ1n) is 8.96. The van der Waals surface area contributed by atoms with E-state index in [1.807, 2.05) is 12.1 Å². The van der Waals surface area contributed by atoms with E-state index < -0.39 is 5.82 Å². The second-order valence-corrected chi connectivity index (χ2v) is 7.47. The third-order valence-electron chi connectivity index (χ3n) is 4.66. The number of hydrogen-bond acceptors (Lipinski definition) is 6. The lowest BCUT2D eigenvalue weighted by atomic mass is 10.2. The summed E-state index contributed by atoms with van der Waals surface area (Å²) in [7, 11) is 0. The maximum Gasteiger partial charge on any atom is 0.273 e. The first-order chi connectivity index (χ1) is 13.6. The number of pyridine rings is 1. The van der Waals surface area contributed by atoms with Crippen LogP contribution in [-0.2, 0) is 6.54 Å². The quantitative estimate of drug-likeness (QED) is 0.732. The molecule has 0 radical (unpaired) electrons. The molecule has 4 rings (SSSR count). The second kappa shape index (κ2) is 8.04. The molecule has 144 valence electrons. The summed E-state index contributed by atoms with van der Waals surface area (Å²) < 4.78 is 13.9. The molecular weight excluding hydrogens is 379 g/mol. The number of benzene rings is 1. The van der Waals surface area contributed by atoms with Crippen molar-refractivity contribution in [3.05, 3.63) is 65.0 Å². The highest BCUT2D eigenvalue weighted by molar-refractivity contribution is 7.13. The summed E-state index contributed by atoms with van der Waals surface area (Å²) in [6.45, 7) is 3.42. The summed E-state index contributed by atoms with van der Waals surface area (Å²) in [5.41, 5.74) is 1.54. The predicted octanol–water partition coefficient (Wildman–Crippen LogP) is 3.01. The molecule has 0 saturated carbocycles. The van der Waals surface area contributed by atoms with Gasteiger partial charge in [-0.25, -0.2) is 9.37 Å². The molecule has 3 heterocycles. The summed E-state index contributed by atoms with van der Waals surface area (Å²) in [6, 6.07) is 10.1. The summed E-state index contributed by atoms with van der Waals surface area (Å²) >= 11 is 1.22. The molecule has 0 bridgehead atoms. The van der Waals surface area contributed by atoms with Crippen LogP contribution in [0.4, 0.5) is 4.39 Å². The summed E-state index contributed by atoms with van der Waals surface area (Å²) in [5, 5.41) is 11.6. The van der Waals surface area contributed by atoms with Crippen LogP contribution in [0.3, 0.4) is 0 Å². The monoisotopic (exact) mass is 398 g/mol. The van der Waals surface area contributed by atoms with E-state index in [9.17, 15) is 14.3 Å². The number of aromatic nitrogens is 2. The number of rotatable bonds is 4. The van der Waals surface area contributed by atoms with Crippen molar-refractivity contribution >= 4 is 17.2 Å². The number of aromatic hydroxyl groups is 1. The Hall–Kier alpha value is -2.84. The van der Waals surface area contributed by atoms with E-state index in [0.29, 0.717) is 23.8 Å². The number of thiazole rings is 1. The fourth-order valence-corrected chi connectivity index (χ4v) is 4.00. The zero-order chi connectivity index (χ0) is 19.5. The van der Waals surface area contributed by atoms with Crippen molar-refractivity contribution < 1.29 is 14.3 Å².